The summed E-state index contributed by atoms with van der Waals surface area (Å²) in [4.78, 5) is 52.0. The molecule has 2 aromatic rings. The molecule has 4 rings (SSSR count). The predicted octanol–water partition coefficient (Wildman–Crippen LogP) is 2.09. The highest BCUT2D eigenvalue weighted by Gasteiger charge is 2.37. The second-order valence-corrected chi connectivity index (χ2v) is 11.5. The third-order valence-electron chi connectivity index (χ3n) is 6.58. The van der Waals surface area contributed by atoms with Gasteiger partial charge in [0, 0.05) is 50.4 Å². The first-order chi connectivity index (χ1) is 17.6. The molecular formula is C24H30ClN7O3S2. The number of rotatable bonds is 5. The zero-order chi connectivity index (χ0) is 26.7. The van der Waals surface area contributed by atoms with E-state index >= 15 is 0 Å². The largest absolute Gasteiger partial charge is 0.367 e. The van der Waals surface area contributed by atoms with Crippen LogP contribution < -0.4 is 16.0 Å². The molecule has 2 aliphatic rings. The molecule has 3 heterocycles. The van der Waals surface area contributed by atoms with E-state index in [0.717, 1.165) is 30.1 Å². The fraction of sp³-hybridized carbons (Fsp3) is 0.500. The molecule has 3 atom stereocenters. The number of fused-ring (bicyclic) bond motifs is 1. The Morgan fingerprint density at radius 3 is 2.68 bits per heavy atom. The quantitative estimate of drug-likeness (QED) is 0.374. The summed E-state index contributed by atoms with van der Waals surface area (Å²) in [5, 5.41) is 9.60. The number of thiazole rings is 1. The molecule has 198 valence electrons. The molecule has 37 heavy (non-hydrogen) atoms. The molecule has 0 aromatic carbocycles. The number of nitrogens with zero attached hydrogens (tertiary/aromatic N) is 4. The summed E-state index contributed by atoms with van der Waals surface area (Å²) >= 11 is 12.6. The van der Waals surface area contributed by atoms with Crippen LogP contribution in [0.15, 0.2) is 18.3 Å². The summed E-state index contributed by atoms with van der Waals surface area (Å²) in [5.41, 5.74) is 1.43. The number of hydrogen-bond acceptors (Lipinski definition) is 8. The Morgan fingerprint density at radius 2 is 1.97 bits per heavy atom. The van der Waals surface area contributed by atoms with Crippen LogP contribution in [-0.4, -0.2) is 82.2 Å². The number of pyridine rings is 1. The Labute approximate surface area is 230 Å². The normalized spacial score (nSPS) is 21.5. The number of amides is 3. The molecular weight excluding hydrogens is 534 g/mol. The molecule has 10 nitrogen and oxygen atoms in total. The highest BCUT2D eigenvalue weighted by Crippen LogP contribution is 2.28. The van der Waals surface area contributed by atoms with E-state index in [4.69, 9.17) is 23.8 Å². The van der Waals surface area contributed by atoms with Gasteiger partial charge in [-0.25, -0.2) is 9.97 Å². The van der Waals surface area contributed by atoms with Crippen molar-refractivity contribution in [1.29, 1.82) is 0 Å². The van der Waals surface area contributed by atoms with Crippen molar-refractivity contribution in [3.05, 3.63) is 39.1 Å². The van der Waals surface area contributed by atoms with Crippen LogP contribution in [-0.2, 0) is 22.6 Å². The van der Waals surface area contributed by atoms with Gasteiger partial charge in [-0.1, -0.05) is 23.8 Å². The summed E-state index contributed by atoms with van der Waals surface area (Å²) in [6, 6.07) is 2.46. The van der Waals surface area contributed by atoms with E-state index in [1.165, 1.54) is 17.5 Å². The first-order valence-corrected chi connectivity index (χ1v) is 13.6. The van der Waals surface area contributed by atoms with Gasteiger partial charge in [-0.15, -0.1) is 11.3 Å². The third-order valence-corrected chi connectivity index (χ3v) is 8.19. The van der Waals surface area contributed by atoms with Gasteiger partial charge in [0.1, 0.15) is 5.15 Å². The number of halogens is 1. The van der Waals surface area contributed by atoms with Crippen LogP contribution in [0.25, 0.3) is 0 Å². The van der Waals surface area contributed by atoms with Crippen molar-refractivity contribution < 1.29 is 14.4 Å². The minimum absolute atomic E-state index is 0.00988. The van der Waals surface area contributed by atoms with E-state index in [1.807, 2.05) is 7.05 Å². The molecule has 1 saturated carbocycles. The van der Waals surface area contributed by atoms with Crippen molar-refractivity contribution in [3.8, 4) is 0 Å². The van der Waals surface area contributed by atoms with Gasteiger partial charge in [-0.3, -0.25) is 14.4 Å². The first-order valence-electron chi connectivity index (χ1n) is 12.0. The standard InChI is InChI=1S/C24H30ClN7O3S2/c1-31(2)24(35)13-4-6-15(29-22(36)20(33)27-14-5-7-19(25)26-11-14)17(10-13)28-21(34)23-30-16-8-9-32(3)12-18(16)37-23/h5,7,11,13,15,17H,4,6,8-10,12H2,1-3H3,(H,27,33)(H,28,34)(H,29,36)/t13-,15-,17+/m0/s1. The SMILES string of the molecule is CN1CCc2nc(C(=O)N[C@@H]3C[C@@H](C(=O)N(C)C)CC[C@@H]3NC(=S)C(=O)Nc3ccc(Cl)nc3)sc2C1. The lowest BCUT2D eigenvalue weighted by Crippen LogP contribution is -2.56. The fourth-order valence-corrected chi connectivity index (χ4v) is 6.02. The maximum Gasteiger partial charge on any atom is 0.283 e. The average Bonchev–Trinajstić information content (AvgIpc) is 3.29. The molecule has 13 heteroatoms. The lowest BCUT2D eigenvalue weighted by molar-refractivity contribution is -0.134. The molecule has 0 spiro atoms. The van der Waals surface area contributed by atoms with E-state index in [2.05, 4.69) is 30.8 Å². The van der Waals surface area contributed by atoms with Crippen LogP contribution in [0.4, 0.5) is 5.69 Å². The topological polar surface area (TPSA) is 120 Å². The summed E-state index contributed by atoms with van der Waals surface area (Å²) in [7, 11) is 5.50. The van der Waals surface area contributed by atoms with Crippen molar-refractivity contribution in [2.24, 2.45) is 5.92 Å². The van der Waals surface area contributed by atoms with Gasteiger partial charge in [0.25, 0.3) is 11.8 Å². The molecule has 2 aromatic heterocycles. The van der Waals surface area contributed by atoms with E-state index in [9.17, 15) is 14.4 Å². The fourth-order valence-electron chi connectivity index (χ4n) is 4.61. The molecule has 0 radical (unpaired) electrons. The Bertz CT molecular complexity index is 1190. The highest BCUT2D eigenvalue weighted by atomic mass is 35.5. The van der Waals surface area contributed by atoms with E-state index in [1.54, 1.807) is 31.1 Å². The molecule has 3 amide bonds. The van der Waals surface area contributed by atoms with Crippen LogP contribution in [0.2, 0.25) is 5.15 Å². The molecule has 1 aliphatic heterocycles. The maximum atomic E-state index is 13.2. The number of anilines is 1. The molecule has 1 aliphatic carbocycles. The minimum atomic E-state index is -0.493. The van der Waals surface area contributed by atoms with Crippen molar-refractivity contribution >= 4 is 63.6 Å². The van der Waals surface area contributed by atoms with Gasteiger partial charge in [0.15, 0.2) is 10.00 Å². The van der Waals surface area contributed by atoms with Crippen molar-refractivity contribution in [2.45, 2.75) is 44.3 Å². The zero-order valence-corrected chi connectivity index (χ0v) is 23.3. The van der Waals surface area contributed by atoms with Crippen LogP contribution in [0, 0.1) is 5.92 Å². The van der Waals surface area contributed by atoms with Crippen LogP contribution >= 0.6 is 35.2 Å². The summed E-state index contributed by atoms with van der Waals surface area (Å²) in [6.45, 7) is 1.69. The van der Waals surface area contributed by atoms with Crippen molar-refractivity contribution in [2.75, 3.05) is 33.0 Å². The highest BCUT2D eigenvalue weighted by molar-refractivity contribution is 7.82. The van der Waals surface area contributed by atoms with E-state index in [-0.39, 0.29) is 28.8 Å². The molecule has 0 saturated heterocycles. The summed E-state index contributed by atoms with van der Waals surface area (Å²) < 4.78 is 0. The van der Waals surface area contributed by atoms with E-state index < -0.39 is 11.9 Å². The minimum Gasteiger partial charge on any atom is -0.367 e. The van der Waals surface area contributed by atoms with Crippen LogP contribution in [0.3, 0.4) is 0 Å². The second kappa shape index (κ2) is 11.8. The van der Waals surface area contributed by atoms with Gasteiger partial charge in [-0.2, -0.15) is 0 Å². The van der Waals surface area contributed by atoms with Crippen molar-refractivity contribution in [3.63, 3.8) is 0 Å². The van der Waals surface area contributed by atoms with Crippen LogP contribution in [0.5, 0.6) is 0 Å². The molecule has 1 fully saturated rings. The number of likely N-dealkylation sites (N-methyl/N-ethyl adjacent to an activating group) is 1. The Hall–Kier alpha value is -2.67. The summed E-state index contributed by atoms with van der Waals surface area (Å²) in [5.74, 6) is -0.994. The average molecular weight is 564 g/mol. The maximum absolute atomic E-state index is 13.2. The molecule has 0 bridgehead atoms. The lowest BCUT2D eigenvalue weighted by Gasteiger charge is -2.37. The summed E-state index contributed by atoms with van der Waals surface area (Å²) in [6.07, 6.45) is 3.86. The molecule has 0 unspecified atom stereocenters. The number of nitrogens with one attached hydrogen (secondary N) is 3. The zero-order valence-electron chi connectivity index (χ0n) is 20.9. The number of carbonyl (C=O) groups excluding carboxylic acids is 3. The van der Waals surface area contributed by atoms with Gasteiger partial charge < -0.3 is 25.8 Å². The van der Waals surface area contributed by atoms with Gasteiger partial charge in [-0.05, 0) is 38.4 Å². The lowest BCUT2D eigenvalue weighted by atomic mass is 9.81. The molecule has 3 N–H and O–H groups in total. The smallest absolute Gasteiger partial charge is 0.283 e. The van der Waals surface area contributed by atoms with E-state index in [0.29, 0.717) is 35.1 Å². The first kappa shape index (κ1) is 27.4. The number of aromatic nitrogens is 2. The van der Waals surface area contributed by atoms with Crippen molar-refractivity contribution in [1.82, 2.24) is 30.4 Å². The Kier molecular flexibility index (Phi) is 8.73. The number of hydrogen-bond donors (Lipinski definition) is 3. The van der Waals surface area contributed by atoms with Crippen LogP contribution in [0.1, 0.15) is 39.6 Å². The third kappa shape index (κ3) is 6.81. The second-order valence-electron chi connectivity index (χ2n) is 9.60. The predicted molar refractivity (Wildman–Crippen MR) is 147 cm³/mol. The van der Waals surface area contributed by atoms with Gasteiger partial charge in [0.2, 0.25) is 5.91 Å². The number of carbonyl (C=O) groups is 3. The number of thiocarbonyl (C=S) groups is 1. The monoisotopic (exact) mass is 563 g/mol. The Morgan fingerprint density at radius 1 is 1.19 bits per heavy atom. The van der Waals surface area contributed by atoms with Gasteiger partial charge >= 0.3 is 0 Å². The van der Waals surface area contributed by atoms with Gasteiger partial charge in [0.05, 0.1) is 23.6 Å². The Balaban J connectivity index is 1.45.